The van der Waals surface area contributed by atoms with Crippen molar-refractivity contribution >= 4 is 27.7 Å². The molecule has 2 amide bonds. The van der Waals surface area contributed by atoms with Gasteiger partial charge >= 0.3 is 0 Å². The molecule has 1 aromatic carbocycles. The first-order valence-electron chi connectivity index (χ1n) is 14.8. The molecular formula is C32H48BrN3O2. The Hall–Kier alpha value is -2.08. The molecule has 0 aliphatic heterocycles. The van der Waals surface area contributed by atoms with Gasteiger partial charge in [0.25, 0.3) is 0 Å². The number of aromatic nitrogens is 1. The van der Waals surface area contributed by atoms with Gasteiger partial charge in [0.1, 0.15) is 0 Å². The van der Waals surface area contributed by atoms with Gasteiger partial charge in [-0.1, -0.05) is 87.9 Å². The van der Waals surface area contributed by atoms with Crippen LogP contribution in [0.15, 0.2) is 47.1 Å². The van der Waals surface area contributed by atoms with Crippen LogP contribution in [0.3, 0.4) is 0 Å². The van der Waals surface area contributed by atoms with E-state index in [2.05, 4.69) is 95.7 Å². The summed E-state index contributed by atoms with van der Waals surface area (Å²) in [5.41, 5.74) is 2.37. The van der Waals surface area contributed by atoms with Crippen molar-refractivity contribution in [2.75, 3.05) is 13.1 Å². The third-order valence-corrected chi connectivity index (χ3v) is 8.36. The number of carbonyl (C=O) groups excluding carboxylic acids is 2. The number of nitrogens with zero attached hydrogens (tertiary/aromatic N) is 3. The van der Waals surface area contributed by atoms with E-state index in [-0.39, 0.29) is 30.3 Å². The predicted molar refractivity (Wildman–Crippen MR) is 160 cm³/mol. The second-order valence-electron chi connectivity index (χ2n) is 11.4. The minimum atomic E-state index is 0.00720. The minimum Gasteiger partial charge on any atom is -0.345 e. The molecule has 2 aromatic rings. The second-order valence-corrected chi connectivity index (χ2v) is 12.3. The molecule has 0 bridgehead atoms. The SMILES string of the molecule is CCCCC(CC)C(=O)N(CC(=O)N(Cc1cccn1Cc1ccc(Br)cc1)C1CCCCC1)CC(C)C. The van der Waals surface area contributed by atoms with E-state index in [4.69, 9.17) is 0 Å². The summed E-state index contributed by atoms with van der Waals surface area (Å²) in [6.07, 6.45) is 11.6. The van der Waals surface area contributed by atoms with Gasteiger partial charge in [0.05, 0.1) is 13.1 Å². The zero-order chi connectivity index (χ0) is 27.5. The lowest BCUT2D eigenvalue weighted by Gasteiger charge is -2.37. The molecule has 1 atom stereocenters. The van der Waals surface area contributed by atoms with Crippen molar-refractivity contribution in [3.8, 4) is 0 Å². The van der Waals surface area contributed by atoms with Crippen molar-refractivity contribution in [1.82, 2.24) is 14.4 Å². The summed E-state index contributed by atoms with van der Waals surface area (Å²) in [6, 6.07) is 12.9. The summed E-state index contributed by atoms with van der Waals surface area (Å²) in [4.78, 5) is 31.6. The predicted octanol–water partition coefficient (Wildman–Crippen LogP) is 7.66. The van der Waals surface area contributed by atoms with Crippen molar-refractivity contribution < 1.29 is 9.59 Å². The lowest BCUT2D eigenvalue weighted by molar-refractivity contribution is -0.145. The highest BCUT2D eigenvalue weighted by molar-refractivity contribution is 9.10. The molecule has 38 heavy (non-hydrogen) atoms. The van der Waals surface area contributed by atoms with Crippen molar-refractivity contribution in [3.05, 3.63) is 58.3 Å². The molecule has 1 saturated carbocycles. The highest BCUT2D eigenvalue weighted by Gasteiger charge is 2.31. The molecule has 1 aliphatic rings. The highest BCUT2D eigenvalue weighted by atomic mass is 79.9. The Balaban J connectivity index is 1.80. The second kappa shape index (κ2) is 15.5. The van der Waals surface area contributed by atoms with E-state index in [1.165, 1.54) is 12.0 Å². The quantitative estimate of drug-likeness (QED) is 0.228. The van der Waals surface area contributed by atoms with E-state index >= 15 is 0 Å². The van der Waals surface area contributed by atoms with Gasteiger partial charge in [0.2, 0.25) is 11.8 Å². The van der Waals surface area contributed by atoms with Gasteiger partial charge < -0.3 is 14.4 Å². The van der Waals surface area contributed by atoms with Crippen LogP contribution in [0.4, 0.5) is 0 Å². The van der Waals surface area contributed by atoms with Gasteiger partial charge in [-0.2, -0.15) is 0 Å². The van der Waals surface area contributed by atoms with E-state index in [9.17, 15) is 9.59 Å². The Morgan fingerprint density at radius 3 is 2.39 bits per heavy atom. The largest absolute Gasteiger partial charge is 0.345 e. The highest BCUT2D eigenvalue weighted by Crippen LogP contribution is 2.26. The van der Waals surface area contributed by atoms with Crippen LogP contribution in [0.1, 0.15) is 96.7 Å². The average molecular weight is 587 g/mol. The molecule has 3 rings (SSSR count). The maximum atomic E-state index is 14.0. The first kappa shape index (κ1) is 30.5. The Labute approximate surface area is 239 Å². The maximum Gasteiger partial charge on any atom is 0.242 e. The van der Waals surface area contributed by atoms with Crippen LogP contribution in [0, 0.1) is 11.8 Å². The molecule has 0 spiro atoms. The van der Waals surface area contributed by atoms with Gasteiger partial charge in [0, 0.05) is 41.4 Å². The third-order valence-electron chi connectivity index (χ3n) is 7.83. The summed E-state index contributed by atoms with van der Waals surface area (Å²) < 4.78 is 3.32. The average Bonchev–Trinajstić information content (AvgIpc) is 3.35. The molecule has 1 aromatic heterocycles. The number of hydrogen-bond donors (Lipinski definition) is 0. The fraction of sp³-hybridized carbons (Fsp3) is 0.625. The molecule has 6 heteroatoms. The van der Waals surface area contributed by atoms with Crippen molar-refractivity contribution in [3.63, 3.8) is 0 Å². The van der Waals surface area contributed by atoms with E-state index in [1.807, 2.05) is 4.90 Å². The standard InChI is InChI=1S/C32H48BrN3O2/c1-5-7-12-27(6-2)32(38)35(21-25(3)4)24-31(37)36(29-13-9-8-10-14-29)23-30-15-11-20-34(30)22-26-16-18-28(33)19-17-26/h11,15-20,25,27,29H,5-10,12-14,21-24H2,1-4H3. The van der Waals surface area contributed by atoms with Crippen molar-refractivity contribution in [2.24, 2.45) is 11.8 Å². The third kappa shape index (κ3) is 9.00. The number of benzene rings is 1. The van der Waals surface area contributed by atoms with Crippen LogP contribution < -0.4 is 0 Å². The lowest BCUT2D eigenvalue weighted by atomic mass is 9.93. The zero-order valence-corrected chi connectivity index (χ0v) is 25.6. The summed E-state index contributed by atoms with van der Waals surface area (Å²) in [5, 5.41) is 0. The smallest absolute Gasteiger partial charge is 0.242 e. The molecule has 0 saturated heterocycles. The van der Waals surface area contributed by atoms with Crippen LogP contribution >= 0.6 is 15.9 Å². The van der Waals surface area contributed by atoms with Crippen molar-refractivity contribution in [2.45, 2.75) is 105 Å². The molecule has 5 nitrogen and oxygen atoms in total. The summed E-state index contributed by atoms with van der Waals surface area (Å²) in [7, 11) is 0. The molecule has 1 fully saturated rings. The number of amides is 2. The van der Waals surface area contributed by atoms with Crippen LogP contribution in [0.5, 0.6) is 0 Å². The molecule has 210 valence electrons. The van der Waals surface area contributed by atoms with E-state index in [0.717, 1.165) is 68.1 Å². The monoisotopic (exact) mass is 585 g/mol. The zero-order valence-electron chi connectivity index (χ0n) is 24.0. The molecule has 1 aliphatic carbocycles. The van der Waals surface area contributed by atoms with Crippen molar-refractivity contribution in [1.29, 1.82) is 0 Å². The van der Waals surface area contributed by atoms with Crippen LogP contribution in [0.25, 0.3) is 0 Å². The Bertz CT molecular complexity index is 994. The maximum absolute atomic E-state index is 14.0. The molecule has 1 heterocycles. The van der Waals surface area contributed by atoms with Gasteiger partial charge in [-0.25, -0.2) is 0 Å². The molecule has 0 radical (unpaired) electrons. The molecular weight excluding hydrogens is 538 g/mol. The van der Waals surface area contributed by atoms with Gasteiger partial charge in [-0.05, 0) is 61.4 Å². The first-order chi connectivity index (χ1) is 18.3. The Morgan fingerprint density at radius 1 is 1.05 bits per heavy atom. The number of rotatable bonds is 14. The fourth-order valence-electron chi connectivity index (χ4n) is 5.66. The van der Waals surface area contributed by atoms with E-state index < -0.39 is 0 Å². The normalized spacial score (nSPS) is 15.0. The van der Waals surface area contributed by atoms with Gasteiger partial charge in [-0.15, -0.1) is 0 Å². The summed E-state index contributed by atoms with van der Waals surface area (Å²) in [6.45, 7) is 10.7. The first-order valence-corrected chi connectivity index (χ1v) is 15.6. The fourth-order valence-corrected chi connectivity index (χ4v) is 5.92. The number of carbonyl (C=O) groups is 2. The number of unbranched alkanes of at least 4 members (excludes halogenated alkanes) is 1. The van der Waals surface area contributed by atoms with Crippen LogP contribution in [0.2, 0.25) is 0 Å². The van der Waals surface area contributed by atoms with Crippen LogP contribution in [-0.4, -0.2) is 45.3 Å². The van der Waals surface area contributed by atoms with Gasteiger partial charge in [-0.3, -0.25) is 9.59 Å². The van der Waals surface area contributed by atoms with E-state index in [1.54, 1.807) is 0 Å². The van der Waals surface area contributed by atoms with Crippen LogP contribution in [-0.2, 0) is 22.7 Å². The number of hydrogen-bond acceptors (Lipinski definition) is 2. The number of halogens is 1. The molecule has 0 N–H and O–H groups in total. The van der Waals surface area contributed by atoms with Gasteiger partial charge in [0.15, 0.2) is 0 Å². The summed E-state index contributed by atoms with van der Waals surface area (Å²) in [5.74, 6) is 0.576. The topological polar surface area (TPSA) is 45.6 Å². The Morgan fingerprint density at radius 2 is 1.76 bits per heavy atom. The van der Waals surface area contributed by atoms with E-state index in [0.29, 0.717) is 19.0 Å². The summed E-state index contributed by atoms with van der Waals surface area (Å²) >= 11 is 3.52. The molecule has 1 unspecified atom stereocenters. The minimum absolute atomic E-state index is 0.00720. The lowest BCUT2D eigenvalue weighted by Crippen LogP contribution is -2.49. The Kier molecular flexibility index (Phi) is 12.4.